The minimum atomic E-state index is -4.37. The van der Waals surface area contributed by atoms with Crippen LogP contribution in [0.1, 0.15) is 17.0 Å². The van der Waals surface area contributed by atoms with E-state index in [1.54, 1.807) is 23.5 Å². The maximum atomic E-state index is 12.1. The third kappa shape index (κ3) is 5.96. The predicted octanol–water partition coefficient (Wildman–Crippen LogP) is 4.49. The highest BCUT2D eigenvalue weighted by Crippen LogP contribution is 2.22. The van der Waals surface area contributed by atoms with Gasteiger partial charge < -0.3 is 10.1 Å². The van der Waals surface area contributed by atoms with Gasteiger partial charge in [-0.15, -0.1) is 11.3 Å². The van der Waals surface area contributed by atoms with Crippen molar-refractivity contribution in [3.63, 3.8) is 0 Å². The molecule has 0 fully saturated rings. The van der Waals surface area contributed by atoms with Gasteiger partial charge in [-0.3, -0.25) is 4.79 Å². The van der Waals surface area contributed by atoms with Gasteiger partial charge in [-0.2, -0.15) is 13.2 Å². The van der Waals surface area contributed by atoms with Gasteiger partial charge >= 0.3 is 6.18 Å². The molecular weight excluding hydrogens is 377 g/mol. The van der Waals surface area contributed by atoms with Crippen molar-refractivity contribution in [1.82, 2.24) is 10.3 Å². The Morgan fingerprint density at radius 1 is 1.11 bits per heavy atom. The molecule has 8 heteroatoms. The second kappa shape index (κ2) is 8.39. The number of nitrogens with zero attached hydrogens (tertiary/aromatic N) is 1. The van der Waals surface area contributed by atoms with Gasteiger partial charge in [0.05, 0.1) is 15.2 Å². The molecule has 3 aromatic rings. The van der Waals surface area contributed by atoms with Crippen LogP contribution >= 0.6 is 11.3 Å². The number of halogens is 3. The van der Waals surface area contributed by atoms with Crippen LogP contribution in [0, 0.1) is 0 Å². The van der Waals surface area contributed by atoms with Crippen LogP contribution in [0.4, 0.5) is 13.2 Å². The molecule has 0 radical (unpaired) electrons. The Morgan fingerprint density at radius 3 is 2.56 bits per heavy atom. The lowest BCUT2D eigenvalue weighted by molar-refractivity contribution is -0.153. The number of hydrogen-bond acceptors (Lipinski definition) is 4. The van der Waals surface area contributed by atoms with Crippen LogP contribution in [0.15, 0.2) is 48.5 Å². The number of para-hydroxylation sites is 1. The molecule has 142 valence electrons. The lowest BCUT2D eigenvalue weighted by Crippen LogP contribution is -2.23. The van der Waals surface area contributed by atoms with Crippen molar-refractivity contribution in [2.24, 2.45) is 0 Å². The summed E-state index contributed by atoms with van der Waals surface area (Å²) in [5.41, 5.74) is 1.72. The molecule has 1 heterocycles. The van der Waals surface area contributed by atoms with Crippen LogP contribution in [0.5, 0.6) is 5.75 Å². The zero-order chi connectivity index (χ0) is 19.3. The van der Waals surface area contributed by atoms with Gasteiger partial charge in [-0.05, 0) is 29.8 Å². The van der Waals surface area contributed by atoms with Crippen molar-refractivity contribution in [1.29, 1.82) is 0 Å². The lowest BCUT2D eigenvalue weighted by Gasteiger charge is -2.10. The monoisotopic (exact) mass is 394 g/mol. The number of aromatic nitrogens is 1. The summed E-state index contributed by atoms with van der Waals surface area (Å²) in [7, 11) is 0. The van der Waals surface area contributed by atoms with Crippen LogP contribution in [0.2, 0.25) is 0 Å². The molecule has 27 heavy (non-hydrogen) atoms. The van der Waals surface area contributed by atoms with E-state index in [2.05, 4.69) is 15.0 Å². The quantitative estimate of drug-likeness (QED) is 0.643. The summed E-state index contributed by atoms with van der Waals surface area (Å²) in [5, 5.41) is 3.71. The summed E-state index contributed by atoms with van der Waals surface area (Å²) in [5.74, 6) is 0.0323. The molecule has 1 amide bonds. The van der Waals surface area contributed by atoms with E-state index >= 15 is 0 Å². The number of thiazole rings is 1. The molecule has 0 aliphatic carbocycles. The summed E-state index contributed by atoms with van der Waals surface area (Å²) in [6.07, 6.45) is -3.47. The summed E-state index contributed by atoms with van der Waals surface area (Å²) < 4.78 is 42.1. The number of amides is 1. The number of alkyl halides is 3. The zero-order valence-corrected chi connectivity index (χ0v) is 15.1. The molecule has 2 aromatic carbocycles. The predicted molar refractivity (Wildman–Crippen MR) is 97.8 cm³/mol. The van der Waals surface area contributed by atoms with Gasteiger partial charge in [0.2, 0.25) is 5.91 Å². The van der Waals surface area contributed by atoms with Crippen LogP contribution in [0.25, 0.3) is 10.2 Å². The summed E-state index contributed by atoms with van der Waals surface area (Å²) in [4.78, 5) is 16.5. The SMILES string of the molecule is O=C(CCc1nc2ccccc2s1)NCc1ccc(OCC(F)(F)F)cc1. The molecule has 0 unspecified atom stereocenters. The Labute approximate surface area is 158 Å². The summed E-state index contributed by atoms with van der Waals surface area (Å²) in [6.45, 7) is -1.02. The summed E-state index contributed by atoms with van der Waals surface area (Å²) in [6, 6.07) is 14.0. The molecule has 0 saturated carbocycles. The lowest BCUT2D eigenvalue weighted by atomic mass is 10.2. The first-order valence-corrected chi connectivity index (χ1v) is 9.10. The minimum Gasteiger partial charge on any atom is -0.484 e. The Bertz CT molecular complexity index is 874. The maximum Gasteiger partial charge on any atom is 0.422 e. The van der Waals surface area contributed by atoms with Crippen LogP contribution in [-0.2, 0) is 17.8 Å². The first kappa shape index (κ1) is 19.2. The van der Waals surface area contributed by atoms with Gasteiger partial charge in [0.1, 0.15) is 5.75 Å². The third-order valence-electron chi connectivity index (χ3n) is 3.72. The van der Waals surface area contributed by atoms with Crippen molar-refractivity contribution >= 4 is 27.5 Å². The fourth-order valence-electron chi connectivity index (χ4n) is 2.41. The molecular formula is C19H17F3N2O2S. The third-order valence-corrected chi connectivity index (χ3v) is 4.82. The Morgan fingerprint density at radius 2 is 1.85 bits per heavy atom. The molecule has 1 N–H and O–H groups in total. The molecule has 0 saturated heterocycles. The number of aryl methyl sites for hydroxylation is 1. The zero-order valence-electron chi connectivity index (χ0n) is 14.3. The number of nitrogens with one attached hydrogen (secondary N) is 1. The highest BCUT2D eigenvalue weighted by molar-refractivity contribution is 7.18. The van der Waals surface area contributed by atoms with Gasteiger partial charge in [-0.25, -0.2) is 4.98 Å². The standard InChI is InChI=1S/C19H17F3N2O2S/c20-19(21,22)12-26-14-7-5-13(6-8-14)11-23-17(25)9-10-18-24-15-3-1-2-4-16(15)27-18/h1-8H,9-12H2,(H,23,25). The molecule has 0 aliphatic rings. The molecule has 0 aliphatic heterocycles. The van der Waals surface area contributed by atoms with Crippen LogP contribution in [0.3, 0.4) is 0 Å². The van der Waals surface area contributed by atoms with E-state index in [0.717, 1.165) is 20.8 Å². The van der Waals surface area contributed by atoms with E-state index < -0.39 is 12.8 Å². The summed E-state index contributed by atoms with van der Waals surface area (Å²) >= 11 is 1.58. The Kier molecular flexibility index (Phi) is 5.95. The first-order valence-electron chi connectivity index (χ1n) is 8.29. The van der Waals surface area contributed by atoms with Crippen molar-refractivity contribution in [3.8, 4) is 5.75 Å². The van der Waals surface area contributed by atoms with E-state index in [1.807, 2.05) is 24.3 Å². The molecule has 4 nitrogen and oxygen atoms in total. The van der Waals surface area contributed by atoms with E-state index in [0.29, 0.717) is 19.4 Å². The van der Waals surface area contributed by atoms with Crippen molar-refractivity contribution in [2.45, 2.75) is 25.6 Å². The molecule has 0 bridgehead atoms. The van der Waals surface area contributed by atoms with Crippen molar-refractivity contribution < 1.29 is 22.7 Å². The fourth-order valence-corrected chi connectivity index (χ4v) is 3.37. The molecule has 0 atom stereocenters. The van der Waals surface area contributed by atoms with Gasteiger partial charge in [0, 0.05) is 19.4 Å². The van der Waals surface area contributed by atoms with Gasteiger partial charge in [0.15, 0.2) is 6.61 Å². The molecule has 3 rings (SSSR count). The van der Waals surface area contributed by atoms with Gasteiger partial charge in [0.25, 0.3) is 0 Å². The smallest absolute Gasteiger partial charge is 0.422 e. The number of carbonyl (C=O) groups is 1. The van der Waals surface area contributed by atoms with E-state index in [4.69, 9.17) is 0 Å². The normalized spacial score (nSPS) is 11.5. The van der Waals surface area contributed by atoms with Crippen molar-refractivity contribution in [2.75, 3.05) is 6.61 Å². The van der Waals surface area contributed by atoms with Crippen molar-refractivity contribution in [3.05, 3.63) is 59.1 Å². The Hall–Kier alpha value is -2.61. The average Bonchev–Trinajstić information content (AvgIpc) is 3.06. The molecule has 0 spiro atoms. The number of ether oxygens (including phenoxy) is 1. The van der Waals surface area contributed by atoms with Crippen LogP contribution < -0.4 is 10.1 Å². The van der Waals surface area contributed by atoms with E-state index in [9.17, 15) is 18.0 Å². The topological polar surface area (TPSA) is 51.2 Å². The van der Waals surface area contributed by atoms with Gasteiger partial charge in [-0.1, -0.05) is 24.3 Å². The highest BCUT2D eigenvalue weighted by Gasteiger charge is 2.28. The molecule has 1 aromatic heterocycles. The van der Waals surface area contributed by atoms with Crippen LogP contribution in [-0.4, -0.2) is 23.7 Å². The average molecular weight is 394 g/mol. The number of rotatable bonds is 7. The highest BCUT2D eigenvalue weighted by atomic mass is 32.1. The van der Waals surface area contributed by atoms with E-state index in [1.165, 1.54) is 12.1 Å². The number of benzene rings is 2. The minimum absolute atomic E-state index is 0.105. The fraction of sp³-hybridized carbons (Fsp3) is 0.263. The number of fused-ring (bicyclic) bond motifs is 1. The largest absolute Gasteiger partial charge is 0.484 e. The Balaban J connectivity index is 1.43. The second-order valence-corrected chi connectivity index (χ2v) is 7.02. The van der Waals surface area contributed by atoms with E-state index in [-0.39, 0.29) is 11.7 Å². The number of carbonyl (C=O) groups excluding carboxylic acids is 1. The first-order chi connectivity index (χ1) is 12.9. The second-order valence-electron chi connectivity index (χ2n) is 5.90. The maximum absolute atomic E-state index is 12.1. The number of hydrogen-bond donors (Lipinski definition) is 1.